The van der Waals surface area contributed by atoms with E-state index in [-0.39, 0.29) is 11.4 Å². The van der Waals surface area contributed by atoms with E-state index in [1.807, 2.05) is 12.1 Å². The molecule has 0 saturated carbocycles. The zero-order chi connectivity index (χ0) is 28.6. The largest absolute Gasteiger partial charge is 0.457 e. The minimum atomic E-state index is -0.445. The molecular weight excluding hydrogens is 536 g/mol. The molecule has 2 aromatic carbocycles. The Balaban J connectivity index is 0.00000141. The van der Waals surface area contributed by atoms with Crippen molar-refractivity contribution in [2.75, 3.05) is 19.5 Å². The Morgan fingerprint density at radius 2 is 1.80 bits per heavy atom. The van der Waals surface area contributed by atoms with E-state index in [0.29, 0.717) is 40.9 Å². The molecule has 2 heterocycles. The zero-order valence-electron chi connectivity index (χ0n) is 21.7. The summed E-state index contributed by atoms with van der Waals surface area (Å²) >= 11 is 5.92. The van der Waals surface area contributed by atoms with Crippen LogP contribution in [0.1, 0.15) is 16.1 Å². The third kappa shape index (κ3) is 10.0. The first kappa shape index (κ1) is 29.6. The van der Waals surface area contributed by atoms with E-state index in [1.165, 1.54) is 31.1 Å². The van der Waals surface area contributed by atoms with Gasteiger partial charge in [0, 0.05) is 50.3 Å². The lowest BCUT2D eigenvalue weighted by Gasteiger charge is -2.09. The lowest BCUT2D eigenvalue weighted by molar-refractivity contribution is -0.115. The van der Waals surface area contributed by atoms with Gasteiger partial charge >= 0.3 is 0 Å². The highest BCUT2D eigenvalue weighted by molar-refractivity contribution is 6.30. The van der Waals surface area contributed by atoms with E-state index in [2.05, 4.69) is 35.8 Å². The first-order chi connectivity index (χ1) is 19.5. The number of carbonyl (C=O) groups is 2. The molecule has 0 spiro atoms. The summed E-state index contributed by atoms with van der Waals surface area (Å²) in [7, 11) is 3.25. The summed E-state index contributed by atoms with van der Waals surface area (Å²) in [4.78, 5) is 31.8. The summed E-state index contributed by atoms with van der Waals surface area (Å²) in [6.07, 6.45) is 6.36. The highest BCUT2D eigenvalue weighted by atomic mass is 35.5. The molecule has 40 heavy (non-hydrogen) atoms. The van der Waals surface area contributed by atoms with Gasteiger partial charge in [0.05, 0.1) is 12.0 Å². The maximum absolute atomic E-state index is 12.8. The van der Waals surface area contributed by atoms with Crippen LogP contribution in [0.2, 0.25) is 5.02 Å². The van der Waals surface area contributed by atoms with E-state index in [0.717, 1.165) is 5.56 Å². The number of anilines is 1. The van der Waals surface area contributed by atoms with Gasteiger partial charge in [0.25, 0.3) is 5.91 Å². The van der Waals surface area contributed by atoms with Gasteiger partial charge in [-0.15, -0.1) is 0 Å². The van der Waals surface area contributed by atoms with Gasteiger partial charge in [-0.3, -0.25) is 14.6 Å². The number of aldehydes is 1. The van der Waals surface area contributed by atoms with E-state index >= 15 is 0 Å². The number of hydrogen-bond acceptors (Lipinski definition) is 10. The van der Waals surface area contributed by atoms with E-state index in [4.69, 9.17) is 20.9 Å². The standard InChI is InChI=1S/C26H21ClN6O4.C2H6O/c27-19-3-1-18(2-4-19)14-28-15-24(32-25-10-12-36-33-25)26(35)31-17-30-20-5-7-22(8-6-20)37-23-9-11-29-21(13-23)16-34;1-3-2/h1-13,15-17,28H,14H2,(H,32,33)(H,30,31,35);1-2H3/b24-15+;. The maximum Gasteiger partial charge on any atom is 0.274 e. The van der Waals surface area contributed by atoms with Gasteiger partial charge in [-0.25, -0.2) is 4.99 Å². The molecule has 206 valence electrons. The van der Waals surface area contributed by atoms with Gasteiger partial charge in [-0.2, -0.15) is 0 Å². The number of aliphatic imine (C=N–C) groups is 1. The number of ether oxygens (including phenoxy) is 2. The molecule has 0 aliphatic rings. The van der Waals surface area contributed by atoms with Crippen molar-refractivity contribution in [3.63, 3.8) is 0 Å². The molecule has 1 amide bonds. The maximum atomic E-state index is 12.8. The lowest BCUT2D eigenvalue weighted by Crippen LogP contribution is -2.28. The van der Waals surface area contributed by atoms with Crippen LogP contribution >= 0.6 is 11.6 Å². The first-order valence-corrected chi connectivity index (χ1v) is 12.2. The molecule has 0 saturated heterocycles. The van der Waals surface area contributed by atoms with Crippen LogP contribution in [0, 0.1) is 0 Å². The van der Waals surface area contributed by atoms with Crippen LogP contribution < -0.4 is 20.7 Å². The Hall–Kier alpha value is -5.00. The second-order valence-electron chi connectivity index (χ2n) is 7.85. The van der Waals surface area contributed by atoms with Crippen LogP contribution in [-0.2, 0) is 16.1 Å². The van der Waals surface area contributed by atoms with Gasteiger partial charge < -0.3 is 29.9 Å². The Labute approximate surface area is 235 Å². The molecule has 0 aliphatic heterocycles. The fraction of sp³-hybridized carbons (Fsp3) is 0.107. The minimum Gasteiger partial charge on any atom is -0.457 e. The monoisotopic (exact) mass is 562 g/mol. The fourth-order valence-electron chi connectivity index (χ4n) is 2.98. The number of halogens is 1. The molecule has 0 fully saturated rings. The molecule has 12 heteroatoms. The number of amides is 1. The molecule has 3 N–H and O–H groups in total. The second-order valence-corrected chi connectivity index (χ2v) is 8.28. The second kappa shape index (κ2) is 16.1. The topological polar surface area (TPSA) is 140 Å². The number of carbonyl (C=O) groups excluding carboxylic acids is 2. The van der Waals surface area contributed by atoms with E-state index in [1.54, 1.807) is 62.8 Å². The van der Waals surface area contributed by atoms with Crippen LogP contribution in [0.4, 0.5) is 11.5 Å². The van der Waals surface area contributed by atoms with Crippen molar-refractivity contribution in [1.29, 1.82) is 0 Å². The van der Waals surface area contributed by atoms with E-state index < -0.39 is 5.91 Å². The molecule has 4 aromatic rings. The number of methoxy groups -OCH3 is 1. The zero-order valence-corrected chi connectivity index (χ0v) is 22.5. The van der Waals surface area contributed by atoms with Crippen molar-refractivity contribution in [3.8, 4) is 11.5 Å². The summed E-state index contributed by atoms with van der Waals surface area (Å²) in [5.41, 5.74) is 2.06. The summed E-state index contributed by atoms with van der Waals surface area (Å²) in [6, 6.07) is 19.0. The number of pyridine rings is 1. The molecular formula is C28H27ClN6O5. The Morgan fingerprint density at radius 1 is 1.05 bits per heavy atom. The predicted octanol–water partition coefficient (Wildman–Crippen LogP) is 5.11. The lowest BCUT2D eigenvalue weighted by atomic mass is 10.2. The highest BCUT2D eigenvalue weighted by Gasteiger charge is 2.10. The van der Waals surface area contributed by atoms with Crippen LogP contribution in [-0.4, -0.2) is 42.9 Å². The third-order valence-corrected chi connectivity index (χ3v) is 5.02. The van der Waals surface area contributed by atoms with E-state index in [9.17, 15) is 9.59 Å². The van der Waals surface area contributed by atoms with Crippen molar-refractivity contribution >= 4 is 41.6 Å². The minimum absolute atomic E-state index is 0.199. The highest BCUT2D eigenvalue weighted by Crippen LogP contribution is 2.23. The van der Waals surface area contributed by atoms with Crippen LogP contribution in [0.25, 0.3) is 0 Å². The number of aromatic nitrogens is 2. The fourth-order valence-corrected chi connectivity index (χ4v) is 3.11. The summed E-state index contributed by atoms with van der Waals surface area (Å²) in [6.45, 7) is 0.479. The number of nitrogens with zero attached hydrogens (tertiary/aromatic N) is 3. The number of nitrogens with one attached hydrogen (secondary N) is 3. The van der Waals surface area contributed by atoms with Crippen LogP contribution in [0.15, 0.2) is 101 Å². The number of benzene rings is 2. The van der Waals surface area contributed by atoms with Crippen LogP contribution in [0.5, 0.6) is 11.5 Å². The Morgan fingerprint density at radius 3 is 2.48 bits per heavy atom. The van der Waals surface area contributed by atoms with Crippen molar-refractivity contribution < 1.29 is 23.6 Å². The number of hydrogen-bond donors (Lipinski definition) is 3. The average molecular weight is 563 g/mol. The van der Waals surface area contributed by atoms with Crippen molar-refractivity contribution in [2.45, 2.75) is 6.54 Å². The van der Waals surface area contributed by atoms with Gasteiger partial charge in [0.15, 0.2) is 12.1 Å². The summed E-state index contributed by atoms with van der Waals surface area (Å²) in [5.74, 6) is 0.972. The molecule has 2 aromatic heterocycles. The molecule has 0 unspecified atom stereocenters. The molecule has 0 atom stereocenters. The van der Waals surface area contributed by atoms with Gasteiger partial charge in [0.2, 0.25) is 0 Å². The molecule has 0 radical (unpaired) electrons. The third-order valence-electron chi connectivity index (χ3n) is 4.77. The Bertz CT molecular complexity index is 1410. The van der Waals surface area contributed by atoms with Crippen LogP contribution in [0.3, 0.4) is 0 Å². The SMILES string of the molecule is COC.O=Cc1cc(Oc2ccc(N=CNC(=O)/C(=C\NCc3ccc(Cl)cc3)Nc3ccon3)cc2)ccn1. The molecule has 0 bridgehead atoms. The normalized spacial score (nSPS) is 10.8. The number of rotatable bonds is 11. The predicted molar refractivity (Wildman–Crippen MR) is 152 cm³/mol. The van der Waals surface area contributed by atoms with Gasteiger partial charge in [-0.1, -0.05) is 28.9 Å². The summed E-state index contributed by atoms with van der Waals surface area (Å²) < 4.78 is 14.8. The molecule has 0 aliphatic carbocycles. The quantitative estimate of drug-likeness (QED) is 0.0984. The smallest absolute Gasteiger partial charge is 0.274 e. The van der Waals surface area contributed by atoms with Crippen molar-refractivity contribution in [3.05, 3.63) is 107 Å². The van der Waals surface area contributed by atoms with Gasteiger partial charge in [-0.05, 0) is 48.0 Å². The average Bonchev–Trinajstić information content (AvgIpc) is 3.48. The summed E-state index contributed by atoms with van der Waals surface area (Å²) in [5, 5.41) is 13.0. The van der Waals surface area contributed by atoms with Crippen molar-refractivity contribution in [2.24, 2.45) is 4.99 Å². The molecule has 4 rings (SSSR count). The first-order valence-electron chi connectivity index (χ1n) is 11.8. The molecule has 11 nitrogen and oxygen atoms in total. The Kier molecular flexibility index (Phi) is 11.9. The van der Waals surface area contributed by atoms with Gasteiger partial charge in [0.1, 0.15) is 29.2 Å². The van der Waals surface area contributed by atoms with Crippen molar-refractivity contribution in [1.82, 2.24) is 20.8 Å².